The summed E-state index contributed by atoms with van der Waals surface area (Å²) in [7, 11) is 3.42. The summed E-state index contributed by atoms with van der Waals surface area (Å²) in [4.78, 5) is 1.93. The normalized spacial score (nSPS) is 21.4. The van der Waals surface area contributed by atoms with E-state index < -0.39 is 17.3 Å². The maximum atomic E-state index is 12.8. The molecule has 1 unspecified atom stereocenters. The van der Waals surface area contributed by atoms with Gasteiger partial charge >= 0.3 is 6.18 Å². The number of likely N-dealkylation sites (N-methyl/N-ethyl adjacent to an activating group) is 1. The number of halogens is 3. The first-order valence-electron chi connectivity index (χ1n) is 7.50. The van der Waals surface area contributed by atoms with E-state index in [1.165, 1.54) is 12.1 Å². The molecule has 3 rings (SSSR count). The average Bonchev–Trinajstić information content (AvgIpc) is 2.53. The van der Waals surface area contributed by atoms with Crippen molar-refractivity contribution >= 4 is 0 Å². The Morgan fingerprint density at radius 3 is 2.38 bits per heavy atom. The van der Waals surface area contributed by atoms with Crippen LogP contribution in [-0.2, 0) is 18.3 Å². The molecule has 0 saturated carbocycles. The minimum atomic E-state index is -4.39. The highest BCUT2D eigenvalue weighted by atomic mass is 19.4. The van der Waals surface area contributed by atoms with Gasteiger partial charge in [0.2, 0.25) is 0 Å². The second kappa shape index (κ2) is 5.79. The van der Waals surface area contributed by atoms with Crippen molar-refractivity contribution in [2.45, 2.75) is 18.3 Å². The predicted molar refractivity (Wildman–Crippen MR) is 83.8 cm³/mol. The van der Waals surface area contributed by atoms with Crippen LogP contribution in [0.25, 0.3) is 0 Å². The van der Waals surface area contributed by atoms with Crippen LogP contribution < -0.4 is 4.74 Å². The molecule has 1 heterocycles. The Hall–Kier alpha value is -2.05. The van der Waals surface area contributed by atoms with Crippen molar-refractivity contribution in [1.82, 2.24) is 4.90 Å². The van der Waals surface area contributed by atoms with E-state index in [0.717, 1.165) is 17.7 Å². The van der Waals surface area contributed by atoms with Gasteiger partial charge in [-0.1, -0.05) is 18.2 Å². The number of nitrogens with zero attached hydrogens (tertiary/aromatic N) is 1. The van der Waals surface area contributed by atoms with Crippen LogP contribution in [0.4, 0.5) is 13.2 Å². The lowest BCUT2D eigenvalue weighted by molar-refractivity contribution is -0.137. The first-order valence-corrected chi connectivity index (χ1v) is 7.50. The Morgan fingerprint density at radius 2 is 1.79 bits per heavy atom. The van der Waals surface area contributed by atoms with Gasteiger partial charge in [-0.15, -0.1) is 0 Å². The first kappa shape index (κ1) is 16.8. The van der Waals surface area contributed by atoms with Crippen molar-refractivity contribution in [3.05, 3.63) is 64.7 Å². The molecule has 0 fully saturated rings. The van der Waals surface area contributed by atoms with Crippen molar-refractivity contribution < 1.29 is 23.0 Å². The van der Waals surface area contributed by atoms with Gasteiger partial charge in [-0.2, -0.15) is 13.2 Å². The molecule has 0 aromatic heterocycles. The number of benzene rings is 2. The van der Waals surface area contributed by atoms with Crippen LogP contribution in [0.5, 0.6) is 5.75 Å². The topological polar surface area (TPSA) is 32.7 Å². The molecule has 0 radical (unpaired) electrons. The second-order valence-electron chi connectivity index (χ2n) is 6.13. The lowest BCUT2D eigenvalue weighted by atomic mass is 9.80. The van der Waals surface area contributed by atoms with Gasteiger partial charge in [-0.25, -0.2) is 0 Å². The number of alkyl halides is 3. The number of ether oxygens (including phenoxy) is 1. The lowest BCUT2D eigenvalue weighted by Crippen LogP contribution is -2.44. The van der Waals surface area contributed by atoms with Crippen LogP contribution in [0.2, 0.25) is 0 Å². The van der Waals surface area contributed by atoms with Gasteiger partial charge in [0.25, 0.3) is 0 Å². The number of β-amino-alcohol motifs (C(OH)–C–C–N with tert-alkyl or cyclic N) is 1. The van der Waals surface area contributed by atoms with Crippen LogP contribution in [0.1, 0.15) is 22.3 Å². The van der Waals surface area contributed by atoms with Crippen molar-refractivity contribution in [3.8, 4) is 5.75 Å². The van der Waals surface area contributed by atoms with Crippen LogP contribution in [0.15, 0.2) is 42.5 Å². The fourth-order valence-corrected chi connectivity index (χ4v) is 3.24. The third-order valence-corrected chi connectivity index (χ3v) is 4.39. The SMILES string of the molecule is COc1ccc2c(c1)CN(C)CC2(O)c1ccc(C(F)(F)F)cc1. The molecule has 0 saturated heterocycles. The summed E-state index contributed by atoms with van der Waals surface area (Å²) >= 11 is 0. The molecule has 0 spiro atoms. The molecular weight excluding hydrogens is 319 g/mol. The molecule has 2 aromatic rings. The zero-order valence-corrected chi connectivity index (χ0v) is 13.4. The molecular formula is C18H18F3NO2. The number of fused-ring (bicyclic) bond motifs is 1. The number of hydrogen-bond donors (Lipinski definition) is 1. The quantitative estimate of drug-likeness (QED) is 0.912. The summed E-state index contributed by atoms with van der Waals surface area (Å²) in [6.45, 7) is 0.938. The van der Waals surface area contributed by atoms with Crippen LogP contribution in [0, 0.1) is 0 Å². The summed E-state index contributed by atoms with van der Waals surface area (Å²) in [6.07, 6.45) is -4.39. The van der Waals surface area contributed by atoms with Crippen molar-refractivity contribution in [2.75, 3.05) is 20.7 Å². The van der Waals surface area contributed by atoms with Gasteiger partial charge < -0.3 is 9.84 Å². The zero-order valence-electron chi connectivity index (χ0n) is 13.4. The van der Waals surface area contributed by atoms with Gasteiger partial charge in [0.05, 0.1) is 12.7 Å². The van der Waals surface area contributed by atoms with Crippen LogP contribution in [0.3, 0.4) is 0 Å². The highest BCUT2D eigenvalue weighted by Crippen LogP contribution is 2.39. The molecule has 1 N–H and O–H groups in total. The van der Waals surface area contributed by atoms with E-state index in [1.807, 2.05) is 18.0 Å². The van der Waals surface area contributed by atoms with E-state index in [4.69, 9.17) is 4.74 Å². The maximum Gasteiger partial charge on any atom is 0.416 e. The largest absolute Gasteiger partial charge is 0.497 e. The molecule has 3 nitrogen and oxygen atoms in total. The van der Waals surface area contributed by atoms with Gasteiger partial charge in [0, 0.05) is 13.1 Å². The molecule has 6 heteroatoms. The van der Waals surface area contributed by atoms with E-state index in [9.17, 15) is 18.3 Å². The zero-order chi connectivity index (χ0) is 17.5. The van der Waals surface area contributed by atoms with Gasteiger partial charge in [-0.05, 0) is 48.0 Å². The Labute approximate surface area is 138 Å². The standard InChI is InChI=1S/C18H18F3NO2/c1-22-10-12-9-15(24-2)7-8-16(12)17(23,11-22)13-3-5-14(6-4-13)18(19,20)21/h3-9,23H,10-11H2,1-2H3. The Balaban J connectivity index is 2.07. The van der Waals surface area contributed by atoms with E-state index in [2.05, 4.69) is 0 Å². The van der Waals surface area contributed by atoms with Crippen molar-refractivity contribution in [1.29, 1.82) is 0 Å². The van der Waals surface area contributed by atoms with Crippen LogP contribution in [-0.4, -0.2) is 30.7 Å². The number of rotatable bonds is 2. The van der Waals surface area contributed by atoms with Crippen molar-refractivity contribution in [2.24, 2.45) is 0 Å². The summed E-state index contributed by atoms with van der Waals surface area (Å²) in [5.74, 6) is 0.679. The Bertz CT molecular complexity index is 743. The van der Waals surface area contributed by atoms with Crippen molar-refractivity contribution in [3.63, 3.8) is 0 Å². The summed E-state index contributed by atoms with van der Waals surface area (Å²) < 4.78 is 43.5. The smallest absolute Gasteiger partial charge is 0.416 e. The monoisotopic (exact) mass is 337 g/mol. The van der Waals surface area contributed by atoms with E-state index in [1.54, 1.807) is 19.2 Å². The molecule has 0 amide bonds. The highest BCUT2D eigenvalue weighted by molar-refractivity contribution is 5.47. The molecule has 0 bridgehead atoms. The Kier molecular flexibility index (Phi) is 4.05. The molecule has 2 aromatic carbocycles. The summed E-state index contributed by atoms with van der Waals surface area (Å²) in [5.41, 5.74) is -0.0623. The molecule has 128 valence electrons. The highest BCUT2D eigenvalue weighted by Gasteiger charge is 2.39. The predicted octanol–water partition coefficient (Wildman–Crippen LogP) is 3.40. The van der Waals surface area contributed by atoms with Crippen LogP contribution >= 0.6 is 0 Å². The van der Waals surface area contributed by atoms with E-state index in [-0.39, 0.29) is 0 Å². The first-order chi connectivity index (χ1) is 11.2. The Morgan fingerprint density at radius 1 is 1.12 bits per heavy atom. The summed E-state index contributed by atoms with van der Waals surface area (Å²) in [6, 6.07) is 10.1. The van der Waals surface area contributed by atoms with E-state index >= 15 is 0 Å². The molecule has 24 heavy (non-hydrogen) atoms. The fourth-order valence-electron chi connectivity index (χ4n) is 3.24. The third-order valence-electron chi connectivity index (χ3n) is 4.39. The second-order valence-corrected chi connectivity index (χ2v) is 6.13. The van der Waals surface area contributed by atoms with Gasteiger partial charge in [0.15, 0.2) is 0 Å². The molecule has 1 aliphatic heterocycles. The number of aliphatic hydroxyl groups is 1. The maximum absolute atomic E-state index is 12.8. The molecule has 1 atom stereocenters. The number of hydrogen-bond acceptors (Lipinski definition) is 3. The van der Waals surface area contributed by atoms with Gasteiger partial charge in [-0.3, -0.25) is 4.90 Å². The number of methoxy groups -OCH3 is 1. The van der Waals surface area contributed by atoms with Gasteiger partial charge in [0.1, 0.15) is 11.4 Å². The minimum Gasteiger partial charge on any atom is -0.497 e. The van der Waals surface area contributed by atoms with E-state index in [0.29, 0.717) is 30.0 Å². The fraction of sp³-hybridized carbons (Fsp3) is 0.333. The average molecular weight is 337 g/mol. The minimum absolute atomic E-state index is 0.303. The summed E-state index contributed by atoms with van der Waals surface area (Å²) in [5, 5.41) is 11.3. The molecule has 0 aliphatic carbocycles. The lowest BCUT2D eigenvalue weighted by Gasteiger charge is -2.40. The molecule has 1 aliphatic rings. The third kappa shape index (κ3) is 2.87.